The number of aryl methyl sites for hydroxylation is 1. The van der Waals surface area contributed by atoms with Gasteiger partial charge in [0.1, 0.15) is 28.8 Å². The van der Waals surface area contributed by atoms with Crippen molar-refractivity contribution in [3.05, 3.63) is 76.4 Å². The van der Waals surface area contributed by atoms with E-state index in [1.54, 1.807) is 30.5 Å². The number of nitrogens with zero attached hydrogens (tertiary/aromatic N) is 6. The zero-order valence-electron chi connectivity index (χ0n) is 27.5. The molecule has 2 aromatic carbocycles. The van der Waals surface area contributed by atoms with E-state index in [9.17, 15) is 13.2 Å². The van der Waals surface area contributed by atoms with E-state index in [1.807, 2.05) is 42.9 Å². The zero-order valence-corrected chi connectivity index (χ0v) is 29.8. The Morgan fingerprint density at radius 1 is 1.10 bits per heavy atom. The maximum atomic E-state index is 14.1. The Hall–Kier alpha value is -3.26. The minimum atomic E-state index is -4.15. The van der Waals surface area contributed by atoms with Crippen LogP contribution in [0, 0.1) is 6.92 Å². The highest BCUT2D eigenvalue weighted by atomic mass is 35.5. The van der Waals surface area contributed by atoms with Gasteiger partial charge in [-0.2, -0.15) is 4.31 Å². The molecule has 1 fully saturated rings. The SMILES string of the molecule is Cc1cc(-n2ccnc2)c2cccc(OCc3c(Cl)ccc(S(=O)(=O)N4CCC[C@H]4C(=O)N(C)CCCN(C)CCCCO)c3Cl)c2n1. The number of benzene rings is 2. The van der Waals surface area contributed by atoms with Crippen LogP contribution < -0.4 is 4.74 Å². The molecule has 0 bridgehead atoms. The van der Waals surface area contributed by atoms with E-state index in [-0.39, 0.29) is 40.6 Å². The summed E-state index contributed by atoms with van der Waals surface area (Å²) >= 11 is 13.4. The number of amides is 1. The van der Waals surface area contributed by atoms with Gasteiger partial charge in [-0.15, -0.1) is 0 Å². The summed E-state index contributed by atoms with van der Waals surface area (Å²) in [5.74, 6) is 0.254. The number of carbonyl (C=O) groups excluding carboxylic acids is 1. The number of para-hydroxylation sites is 1. The smallest absolute Gasteiger partial charge is 0.245 e. The number of likely N-dealkylation sites (N-methyl/N-ethyl adjacent to an activating group) is 1. The highest BCUT2D eigenvalue weighted by Crippen LogP contribution is 2.37. The lowest BCUT2D eigenvalue weighted by molar-refractivity contribution is -0.133. The van der Waals surface area contributed by atoms with Gasteiger partial charge in [-0.1, -0.05) is 35.3 Å². The third-order valence-electron chi connectivity index (χ3n) is 8.65. The first-order chi connectivity index (χ1) is 23.0. The summed E-state index contributed by atoms with van der Waals surface area (Å²) < 4.78 is 37.5. The second kappa shape index (κ2) is 16.0. The third-order valence-corrected chi connectivity index (χ3v) is 11.5. The molecule has 3 heterocycles. The van der Waals surface area contributed by atoms with Crippen molar-refractivity contribution >= 4 is 50.0 Å². The summed E-state index contributed by atoms with van der Waals surface area (Å²) in [6.45, 7) is 4.35. The van der Waals surface area contributed by atoms with Gasteiger partial charge in [-0.25, -0.2) is 18.4 Å². The summed E-state index contributed by atoms with van der Waals surface area (Å²) in [7, 11) is -0.423. The monoisotopic (exact) mass is 716 g/mol. The van der Waals surface area contributed by atoms with Crippen molar-refractivity contribution in [1.29, 1.82) is 0 Å². The van der Waals surface area contributed by atoms with E-state index in [1.165, 1.54) is 16.4 Å². The van der Waals surface area contributed by atoms with E-state index in [4.69, 9.17) is 38.0 Å². The minimum absolute atomic E-state index is 0.0401. The average molecular weight is 718 g/mol. The van der Waals surface area contributed by atoms with Crippen LogP contribution in [-0.4, -0.2) is 101 Å². The second-order valence-electron chi connectivity index (χ2n) is 12.2. The Labute approximate surface area is 292 Å². The predicted molar refractivity (Wildman–Crippen MR) is 187 cm³/mol. The minimum Gasteiger partial charge on any atom is -0.487 e. The lowest BCUT2D eigenvalue weighted by Gasteiger charge is -2.28. The largest absolute Gasteiger partial charge is 0.487 e. The molecule has 258 valence electrons. The molecule has 1 atom stereocenters. The number of imidazole rings is 1. The standard InChI is InChI=1S/C34H42Cl2N6O5S/c1-24-21-29(41-19-14-37-23-41)25-9-6-11-30(33(25)38-24)47-22-26-27(35)12-13-31(32(26)36)48(45,46)42-18-7-10-28(42)34(44)40(3)17-8-16-39(2)15-4-5-20-43/h6,9,11-14,19,21,23,28,43H,4-5,7-8,10,15-18,20,22H2,1-3H3/t28-/m0/s1. The number of hydrogen-bond donors (Lipinski definition) is 1. The zero-order chi connectivity index (χ0) is 34.4. The Balaban J connectivity index is 1.32. The Morgan fingerprint density at radius 2 is 1.90 bits per heavy atom. The number of fused-ring (bicyclic) bond motifs is 1. The summed E-state index contributed by atoms with van der Waals surface area (Å²) in [5, 5.41) is 10.1. The number of aliphatic hydroxyl groups excluding tert-OH is 1. The van der Waals surface area contributed by atoms with Gasteiger partial charge in [0.25, 0.3) is 0 Å². The van der Waals surface area contributed by atoms with E-state index >= 15 is 0 Å². The molecule has 1 N–H and O–H groups in total. The van der Waals surface area contributed by atoms with Crippen LogP contribution in [0.4, 0.5) is 0 Å². The fraction of sp³-hybridized carbons (Fsp3) is 0.441. The Morgan fingerprint density at radius 3 is 2.65 bits per heavy atom. The van der Waals surface area contributed by atoms with Gasteiger partial charge < -0.3 is 24.2 Å². The van der Waals surface area contributed by atoms with Crippen LogP contribution >= 0.6 is 23.2 Å². The van der Waals surface area contributed by atoms with Crippen molar-refractivity contribution in [3.63, 3.8) is 0 Å². The first-order valence-corrected chi connectivity index (χ1v) is 18.3. The third kappa shape index (κ3) is 7.96. The number of hydrogen-bond acceptors (Lipinski definition) is 8. The molecular weight excluding hydrogens is 675 g/mol. The number of halogens is 2. The normalized spacial score (nSPS) is 15.4. The molecular formula is C34H42Cl2N6O5S. The summed E-state index contributed by atoms with van der Waals surface area (Å²) in [6.07, 6.45) is 8.68. The summed E-state index contributed by atoms with van der Waals surface area (Å²) in [5.41, 5.74) is 2.63. The van der Waals surface area contributed by atoms with Gasteiger partial charge in [0.15, 0.2) is 0 Å². The second-order valence-corrected chi connectivity index (χ2v) is 14.8. The highest BCUT2D eigenvalue weighted by molar-refractivity contribution is 7.89. The number of rotatable bonds is 15. The molecule has 48 heavy (non-hydrogen) atoms. The van der Waals surface area contributed by atoms with E-state index < -0.39 is 16.1 Å². The highest BCUT2D eigenvalue weighted by Gasteiger charge is 2.41. The lowest BCUT2D eigenvalue weighted by Crippen LogP contribution is -2.47. The molecule has 5 rings (SSSR count). The number of aromatic nitrogens is 3. The first kappa shape index (κ1) is 36.0. The van der Waals surface area contributed by atoms with Gasteiger partial charge in [0.05, 0.1) is 17.0 Å². The van der Waals surface area contributed by atoms with E-state index in [0.29, 0.717) is 36.2 Å². The number of unbranched alkanes of at least 4 members (excludes halogenated alkanes) is 1. The van der Waals surface area contributed by atoms with E-state index in [2.05, 4.69) is 9.88 Å². The summed E-state index contributed by atoms with van der Waals surface area (Å²) in [4.78, 5) is 26.1. The fourth-order valence-electron chi connectivity index (χ4n) is 6.07. The molecule has 1 aliphatic heterocycles. The van der Waals surface area contributed by atoms with Crippen LogP contribution in [0.5, 0.6) is 5.75 Å². The number of carbonyl (C=O) groups is 1. The number of aliphatic hydroxyl groups is 1. The molecule has 0 saturated carbocycles. The van der Waals surface area contributed by atoms with Crippen molar-refractivity contribution in [3.8, 4) is 11.4 Å². The molecule has 0 radical (unpaired) electrons. The van der Waals surface area contributed by atoms with Gasteiger partial charge >= 0.3 is 0 Å². The molecule has 0 spiro atoms. The van der Waals surface area contributed by atoms with Crippen LogP contribution in [-0.2, 0) is 21.4 Å². The maximum Gasteiger partial charge on any atom is 0.245 e. The fourth-order valence-corrected chi connectivity index (χ4v) is 8.58. The van der Waals surface area contributed by atoms with Crippen molar-refractivity contribution in [2.45, 2.75) is 56.6 Å². The Kier molecular flexibility index (Phi) is 12.0. The average Bonchev–Trinajstić information content (AvgIpc) is 3.78. The number of sulfonamides is 1. The predicted octanol–water partition coefficient (Wildman–Crippen LogP) is 5.32. The molecule has 2 aromatic heterocycles. The maximum absolute atomic E-state index is 14.1. The molecule has 1 aliphatic rings. The van der Waals surface area contributed by atoms with Crippen molar-refractivity contribution in [2.75, 3.05) is 46.9 Å². The number of ether oxygens (including phenoxy) is 1. The molecule has 11 nitrogen and oxygen atoms in total. The van der Waals surface area contributed by atoms with E-state index in [0.717, 1.165) is 49.1 Å². The van der Waals surface area contributed by atoms with Crippen LogP contribution in [0.2, 0.25) is 10.0 Å². The molecule has 0 unspecified atom stereocenters. The van der Waals surface area contributed by atoms with Gasteiger partial charge in [-0.3, -0.25) is 4.79 Å². The van der Waals surface area contributed by atoms with Gasteiger partial charge in [0, 0.05) is 60.8 Å². The quantitative estimate of drug-likeness (QED) is 0.164. The van der Waals surface area contributed by atoms with Gasteiger partial charge in [-0.05, 0) is 83.4 Å². The van der Waals surface area contributed by atoms with Crippen molar-refractivity contribution in [2.24, 2.45) is 0 Å². The molecule has 0 aliphatic carbocycles. The topological polar surface area (TPSA) is 121 Å². The van der Waals surface area contributed by atoms with Crippen molar-refractivity contribution in [1.82, 2.24) is 28.6 Å². The molecule has 1 saturated heterocycles. The summed E-state index contributed by atoms with van der Waals surface area (Å²) in [6, 6.07) is 9.63. The first-order valence-electron chi connectivity index (χ1n) is 16.1. The van der Waals surface area contributed by atoms with Crippen LogP contribution in [0.25, 0.3) is 16.6 Å². The van der Waals surface area contributed by atoms with Gasteiger partial charge in [0.2, 0.25) is 15.9 Å². The van der Waals surface area contributed by atoms with Crippen LogP contribution in [0.3, 0.4) is 0 Å². The van der Waals surface area contributed by atoms with Crippen molar-refractivity contribution < 1.29 is 23.1 Å². The lowest BCUT2D eigenvalue weighted by atomic mass is 10.1. The molecule has 14 heteroatoms. The Bertz CT molecular complexity index is 1840. The van der Waals surface area contributed by atoms with Crippen LogP contribution in [0.15, 0.2) is 60.0 Å². The number of pyridine rings is 1. The van der Waals surface area contributed by atoms with Crippen LogP contribution in [0.1, 0.15) is 43.4 Å². The molecule has 4 aromatic rings. The molecule has 1 amide bonds.